The molecule has 0 aliphatic carbocycles. The Bertz CT molecular complexity index is 113. The molecule has 0 bridgehead atoms. The molecule has 0 fully saturated rings. The summed E-state index contributed by atoms with van der Waals surface area (Å²) in [5, 5.41) is 0. The first-order valence-corrected chi connectivity index (χ1v) is 2.49. The number of hydrogen-bond donors (Lipinski definition) is 0. The smallest absolute Gasteiger partial charge is 0.122 e. The van der Waals surface area contributed by atoms with Crippen LogP contribution in [0.4, 0.5) is 0 Å². The van der Waals surface area contributed by atoms with Crippen molar-refractivity contribution in [3.8, 4) is 0 Å². The number of aliphatic imine (C=N–C) groups is 2. The highest BCUT2D eigenvalue weighted by Gasteiger charge is 1.93. The molecule has 1 rings (SSSR count). The van der Waals surface area contributed by atoms with Crippen LogP contribution in [0.15, 0.2) is 9.98 Å². The molecule has 0 saturated carbocycles. The second-order valence-electron chi connectivity index (χ2n) is 1.42. The average molecular weight is 96.1 g/mol. The SMILES string of the molecule is CCC1=NCC=N1. The van der Waals surface area contributed by atoms with Crippen molar-refractivity contribution in [1.29, 1.82) is 0 Å². The number of rotatable bonds is 1. The van der Waals surface area contributed by atoms with E-state index >= 15 is 0 Å². The normalized spacial score (nSPS) is 17.6. The van der Waals surface area contributed by atoms with Gasteiger partial charge in [0.15, 0.2) is 0 Å². The summed E-state index contributed by atoms with van der Waals surface area (Å²) in [6, 6.07) is 0. The average Bonchev–Trinajstić information content (AvgIpc) is 2.14. The van der Waals surface area contributed by atoms with E-state index in [1.807, 2.05) is 6.21 Å². The van der Waals surface area contributed by atoms with Crippen molar-refractivity contribution >= 4 is 12.1 Å². The van der Waals surface area contributed by atoms with Crippen molar-refractivity contribution in [3.63, 3.8) is 0 Å². The Hall–Kier alpha value is -0.660. The maximum atomic E-state index is 4.05. The fourth-order valence-corrected chi connectivity index (χ4v) is 0.536. The fourth-order valence-electron chi connectivity index (χ4n) is 0.536. The van der Waals surface area contributed by atoms with Gasteiger partial charge in [-0.2, -0.15) is 0 Å². The first-order chi connectivity index (χ1) is 3.43. The lowest BCUT2D eigenvalue weighted by molar-refractivity contribution is 1.22. The van der Waals surface area contributed by atoms with E-state index in [-0.39, 0.29) is 0 Å². The van der Waals surface area contributed by atoms with Crippen LogP contribution in [-0.2, 0) is 0 Å². The van der Waals surface area contributed by atoms with Crippen LogP contribution in [0.3, 0.4) is 0 Å². The van der Waals surface area contributed by atoms with Gasteiger partial charge in [-0.15, -0.1) is 0 Å². The molecule has 0 atom stereocenters. The molecule has 0 amide bonds. The van der Waals surface area contributed by atoms with E-state index in [0.717, 1.165) is 18.8 Å². The van der Waals surface area contributed by atoms with Crippen molar-refractivity contribution < 1.29 is 0 Å². The Kier molecular flexibility index (Phi) is 1.20. The van der Waals surface area contributed by atoms with E-state index in [1.165, 1.54) is 0 Å². The summed E-state index contributed by atoms with van der Waals surface area (Å²) in [5.41, 5.74) is 0. The van der Waals surface area contributed by atoms with E-state index in [0.29, 0.717) is 0 Å². The van der Waals surface area contributed by atoms with Crippen LogP contribution >= 0.6 is 0 Å². The van der Waals surface area contributed by atoms with Gasteiger partial charge in [-0.05, 0) is 0 Å². The summed E-state index contributed by atoms with van der Waals surface area (Å²) >= 11 is 0. The summed E-state index contributed by atoms with van der Waals surface area (Å²) in [5.74, 6) is 0.986. The summed E-state index contributed by atoms with van der Waals surface area (Å²) < 4.78 is 0. The van der Waals surface area contributed by atoms with Gasteiger partial charge < -0.3 is 0 Å². The van der Waals surface area contributed by atoms with E-state index < -0.39 is 0 Å². The minimum absolute atomic E-state index is 0.795. The molecule has 1 heterocycles. The number of hydrogen-bond acceptors (Lipinski definition) is 2. The predicted octanol–water partition coefficient (Wildman–Crippen LogP) is 0.879. The van der Waals surface area contributed by atoms with Crippen LogP contribution in [0.25, 0.3) is 0 Å². The molecule has 7 heavy (non-hydrogen) atoms. The Morgan fingerprint density at radius 3 is 3.00 bits per heavy atom. The van der Waals surface area contributed by atoms with Crippen LogP contribution < -0.4 is 0 Å². The number of amidine groups is 1. The molecule has 0 spiro atoms. The van der Waals surface area contributed by atoms with Gasteiger partial charge in [0.2, 0.25) is 0 Å². The van der Waals surface area contributed by atoms with Crippen LogP contribution in [0, 0.1) is 0 Å². The Morgan fingerprint density at radius 1 is 1.86 bits per heavy atom. The molecule has 1 aliphatic rings. The summed E-state index contributed by atoms with van der Waals surface area (Å²) in [7, 11) is 0. The van der Waals surface area contributed by atoms with Crippen molar-refractivity contribution in [2.24, 2.45) is 9.98 Å². The molecule has 0 aromatic carbocycles. The van der Waals surface area contributed by atoms with Gasteiger partial charge >= 0.3 is 0 Å². The third-order valence-corrected chi connectivity index (χ3v) is 0.912. The third kappa shape index (κ3) is 0.856. The minimum Gasteiger partial charge on any atom is -0.265 e. The highest BCUT2D eigenvalue weighted by atomic mass is 15.0. The molecule has 38 valence electrons. The van der Waals surface area contributed by atoms with Crippen LogP contribution in [0.5, 0.6) is 0 Å². The molecular weight excluding hydrogens is 88.1 g/mol. The van der Waals surface area contributed by atoms with Crippen molar-refractivity contribution in [2.75, 3.05) is 6.54 Å². The van der Waals surface area contributed by atoms with Gasteiger partial charge in [-0.3, -0.25) is 4.99 Å². The number of nitrogens with zero attached hydrogens (tertiary/aromatic N) is 2. The van der Waals surface area contributed by atoms with Gasteiger partial charge in [0.05, 0.1) is 6.54 Å². The summed E-state index contributed by atoms with van der Waals surface area (Å²) in [4.78, 5) is 8.03. The molecule has 0 radical (unpaired) electrons. The monoisotopic (exact) mass is 96.1 g/mol. The second-order valence-corrected chi connectivity index (χ2v) is 1.42. The Labute approximate surface area is 43.0 Å². The molecular formula is C5H8N2. The van der Waals surface area contributed by atoms with Gasteiger partial charge in [-0.1, -0.05) is 6.92 Å². The van der Waals surface area contributed by atoms with Crippen molar-refractivity contribution in [2.45, 2.75) is 13.3 Å². The molecule has 0 aromatic heterocycles. The van der Waals surface area contributed by atoms with Gasteiger partial charge in [0, 0.05) is 12.6 Å². The van der Waals surface area contributed by atoms with Crippen molar-refractivity contribution in [3.05, 3.63) is 0 Å². The summed E-state index contributed by atoms with van der Waals surface area (Å²) in [6.07, 6.45) is 2.80. The van der Waals surface area contributed by atoms with E-state index in [9.17, 15) is 0 Å². The zero-order chi connectivity index (χ0) is 5.11. The van der Waals surface area contributed by atoms with Crippen molar-refractivity contribution in [1.82, 2.24) is 0 Å². The summed E-state index contributed by atoms with van der Waals surface area (Å²) in [6.45, 7) is 2.85. The van der Waals surface area contributed by atoms with Crippen LogP contribution in [0.2, 0.25) is 0 Å². The molecule has 2 heteroatoms. The lowest BCUT2D eigenvalue weighted by Gasteiger charge is -1.81. The molecule has 0 unspecified atom stereocenters. The van der Waals surface area contributed by atoms with E-state index in [4.69, 9.17) is 0 Å². The lowest BCUT2D eigenvalue weighted by atomic mass is 10.5. The molecule has 0 aromatic rings. The molecule has 0 N–H and O–H groups in total. The van der Waals surface area contributed by atoms with Gasteiger partial charge in [-0.25, -0.2) is 4.99 Å². The standard InChI is InChI=1S/C5H8N2/c1-2-5-6-3-4-7-5/h3H,2,4H2,1H3. The van der Waals surface area contributed by atoms with Crippen LogP contribution in [-0.4, -0.2) is 18.6 Å². The maximum absolute atomic E-state index is 4.05. The maximum Gasteiger partial charge on any atom is 0.122 e. The Balaban J connectivity index is 2.52. The van der Waals surface area contributed by atoms with Gasteiger partial charge in [0.1, 0.15) is 5.84 Å². The minimum atomic E-state index is 0.795. The quantitative estimate of drug-likeness (QED) is 0.463. The Morgan fingerprint density at radius 2 is 2.71 bits per heavy atom. The first kappa shape index (κ1) is 4.50. The third-order valence-electron chi connectivity index (χ3n) is 0.912. The largest absolute Gasteiger partial charge is 0.265 e. The highest BCUT2D eigenvalue weighted by molar-refractivity contribution is 5.94. The molecule has 1 aliphatic heterocycles. The lowest BCUT2D eigenvalue weighted by Crippen LogP contribution is -1.82. The van der Waals surface area contributed by atoms with Crippen LogP contribution in [0.1, 0.15) is 13.3 Å². The topological polar surface area (TPSA) is 24.7 Å². The van der Waals surface area contributed by atoms with E-state index in [2.05, 4.69) is 16.9 Å². The predicted molar refractivity (Wildman–Crippen MR) is 31.1 cm³/mol. The fraction of sp³-hybridized carbons (Fsp3) is 0.600. The van der Waals surface area contributed by atoms with E-state index in [1.54, 1.807) is 0 Å². The van der Waals surface area contributed by atoms with Gasteiger partial charge in [0.25, 0.3) is 0 Å². The zero-order valence-corrected chi connectivity index (χ0v) is 4.39. The highest BCUT2D eigenvalue weighted by Crippen LogP contribution is 1.91. The second kappa shape index (κ2) is 1.87. The molecule has 2 nitrogen and oxygen atoms in total. The molecule has 0 saturated heterocycles. The zero-order valence-electron chi connectivity index (χ0n) is 4.39. The first-order valence-electron chi connectivity index (χ1n) is 2.49.